The standard InChI is InChI=1S/C14H13N3O2S2/c15-21(18,19)11-6-7-12-13(8-11)20-14(17-12)16-9-10-4-2-1-3-5-10/h1-8H,9H2,(H,16,17)(H2,15,18,19). The predicted octanol–water partition coefficient (Wildman–Crippen LogP) is 2.56. The summed E-state index contributed by atoms with van der Waals surface area (Å²) >= 11 is 1.40. The van der Waals surface area contributed by atoms with Crippen LogP contribution in [0, 0.1) is 0 Å². The maximum atomic E-state index is 11.3. The van der Waals surface area contributed by atoms with Crippen molar-refractivity contribution in [3.63, 3.8) is 0 Å². The largest absolute Gasteiger partial charge is 0.357 e. The molecule has 0 bridgehead atoms. The minimum Gasteiger partial charge on any atom is -0.357 e. The van der Waals surface area contributed by atoms with Crippen molar-refractivity contribution in [3.8, 4) is 0 Å². The number of benzene rings is 2. The Morgan fingerprint density at radius 1 is 1.14 bits per heavy atom. The van der Waals surface area contributed by atoms with E-state index in [0.717, 1.165) is 20.9 Å². The van der Waals surface area contributed by atoms with E-state index in [4.69, 9.17) is 5.14 Å². The van der Waals surface area contributed by atoms with Gasteiger partial charge in [0.05, 0.1) is 15.1 Å². The van der Waals surface area contributed by atoms with Gasteiger partial charge in [0.15, 0.2) is 5.13 Å². The van der Waals surface area contributed by atoms with E-state index in [1.54, 1.807) is 12.1 Å². The lowest BCUT2D eigenvalue weighted by atomic mass is 10.2. The zero-order chi connectivity index (χ0) is 14.9. The quantitative estimate of drug-likeness (QED) is 0.774. The molecule has 0 aliphatic heterocycles. The lowest BCUT2D eigenvalue weighted by molar-refractivity contribution is 0.598. The van der Waals surface area contributed by atoms with E-state index in [1.807, 2.05) is 30.3 Å². The molecule has 7 heteroatoms. The molecule has 3 rings (SSSR count). The summed E-state index contributed by atoms with van der Waals surface area (Å²) in [7, 11) is -3.68. The van der Waals surface area contributed by atoms with Gasteiger partial charge >= 0.3 is 0 Å². The first-order valence-electron chi connectivity index (χ1n) is 6.23. The number of nitrogens with two attached hydrogens (primary N) is 1. The number of hydrogen-bond donors (Lipinski definition) is 2. The van der Waals surface area contributed by atoms with Gasteiger partial charge in [0.25, 0.3) is 0 Å². The van der Waals surface area contributed by atoms with Crippen molar-refractivity contribution in [2.75, 3.05) is 5.32 Å². The number of fused-ring (bicyclic) bond motifs is 1. The first-order chi connectivity index (χ1) is 10.0. The summed E-state index contributed by atoms with van der Waals surface area (Å²) < 4.78 is 23.5. The molecule has 0 radical (unpaired) electrons. The van der Waals surface area contributed by atoms with Crippen LogP contribution in [0.1, 0.15) is 5.56 Å². The van der Waals surface area contributed by atoms with E-state index in [-0.39, 0.29) is 4.90 Å². The minimum absolute atomic E-state index is 0.105. The zero-order valence-corrected chi connectivity index (χ0v) is 12.6. The van der Waals surface area contributed by atoms with Crippen LogP contribution in [0.4, 0.5) is 5.13 Å². The van der Waals surface area contributed by atoms with E-state index in [0.29, 0.717) is 6.54 Å². The highest BCUT2D eigenvalue weighted by atomic mass is 32.2. The number of nitrogens with one attached hydrogen (secondary N) is 1. The molecule has 0 fully saturated rings. The van der Waals surface area contributed by atoms with Crippen molar-refractivity contribution >= 4 is 36.7 Å². The maximum Gasteiger partial charge on any atom is 0.238 e. The molecule has 1 heterocycles. The molecule has 0 unspecified atom stereocenters. The number of nitrogens with zero attached hydrogens (tertiary/aromatic N) is 1. The molecule has 0 saturated heterocycles. The van der Waals surface area contributed by atoms with Gasteiger partial charge in [-0.15, -0.1) is 0 Å². The third kappa shape index (κ3) is 3.21. The van der Waals surface area contributed by atoms with E-state index in [9.17, 15) is 8.42 Å². The normalized spacial score (nSPS) is 11.7. The molecule has 3 aromatic rings. The summed E-state index contributed by atoms with van der Waals surface area (Å²) in [6, 6.07) is 14.7. The van der Waals surface area contributed by atoms with E-state index in [1.165, 1.54) is 17.4 Å². The summed E-state index contributed by atoms with van der Waals surface area (Å²) in [5.74, 6) is 0. The Kier molecular flexibility index (Phi) is 3.62. The SMILES string of the molecule is NS(=O)(=O)c1ccc2nc(NCc3ccccc3)sc2c1. The summed E-state index contributed by atoms with van der Waals surface area (Å²) in [5, 5.41) is 9.12. The summed E-state index contributed by atoms with van der Waals surface area (Å²) in [5.41, 5.74) is 1.91. The molecule has 21 heavy (non-hydrogen) atoms. The monoisotopic (exact) mass is 319 g/mol. The van der Waals surface area contributed by atoms with Crippen LogP contribution in [0.25, 0.3) is 10.2 Å². The number of aromatic nitrogens is 1. The highest BCUT2D eigenvalue weighted by molar-refractivity contribution is 7.89. The molecule has 3 N–H and O–H groups in total. The predicted molar refractivity (Wildman–Crippen MR) is 84.8 cm³/mol. The molecule has 0 amide bonds. The molecule has 0 saturated carbocycles. The third-order valence-corrected chi connectivity index (χ3v) is 4.86. The molecular weight excluding hydrogens is 306 g/mol. The lowest BCUT2D eigenvalue weighted by Gasteiger charge is -2.01. The van der Waals surface area contributed by atoms with Crippen molar-refractivity contribution in [1.82, 2.24) is 4.98 Å². The lowest BCUT2D eigenvalue weighted by Crippen LogP contribution is -2.11. The van der Waals surface area contributed by atoms with Crippen molar-refractivity contribution in [3.05, 3.63) is 54.1 Å². The van der Waals surface area contributed by atoms with Crippen LogP contribution in [0.15, 0.2) is 53.4 Å². The first-order valence-corrected chi connectivity index (χ1v) is 8.60. The zero-order valence-electron chi connectivity index (χ0n) is 11.0. The Labute approximate surface area is 126 Å². The van der Waals surface area contributed by atoms with Crippen LogP contribution in [0.3, 0.4) is 0 Å². The van der Waals surface area contributed by atoms with Crippen molar-refractivity contribution < 1.29 is 8.42 Å². The minimum atomic E-state index is -3.68. The first kappa shape index (κ1) is 14.0. The fourth-order valence-electron chi connectivity index (χ4n) is 1.93. The second-order valence-electron chi connectivity index (χ2n) is 4.53. The second-order valence-corrected chi connectivity index (χ2v) is 7.12. The molecule has 1 aromatic heterocycles. The van der Waals surface area contributed by atoms with Gasteiger partial charge in [0, 0.05) is 6.54 Å². The molecule has 5 nitrogen and oxygen atoms in total. The highest BCUT2D eigenvalue weighted by Gasteiger charge is 2.11. The van der Waals surface area contributed by atoms with E-state index < -0.39 is 10.0 Å². The molecule has 2 aromatic carbocycles. The molecule has 0 aliphatic carbocycles. The number of primary sulfonamides is 1. The van der Waals surface area contributed by atoms with Crippen LogP contribution in [0.2, 0.25) is 0 Å². The van der Waals surface area contributed by atoms with E-state index in [2.05, 4.69) is 10.3 Å². The fraction of sp³-hybridized carbons (Fsp3) is 0.0714. The van der Waals surface area contributed by atoms with Crippen molar-refractivity contribution in [2.24, 2.45) is 5.14 Å². The van der Waals surface area contributed by atoms with Gasteiger partial charge in [0.1, 0.15) is 0 Å². The van der Waals surface area contributed by atoms with Crippen LogP contribution in [-0.2, 0) is 16.6 Å². The summed E-state index contributed by atoms with van der Waals surface area (Å²) in [6.45, 7) is 0.669. The number of thiazole rings is 1. The van der Waals surface area contributed by atoms with Gasteiger partial charge in [-0.3, -0.25) is 0 Å². The number of anilines is 1. The van der Waals surface area contributed by atoms with Gasteiger partial charge in [-0.2, -0.15) is 0 Å². The molecule has 0 atom stereocenters. The van der Waals surface area contributed by atoms with Crippen molar-refractivity contribution in [2.45, 2.75) is 11.4 Å². The van der Waals surface area contributed by atoms with Crippen LogP contribution in [-0.4, -0.2) is 13.4 Å². The maximum absolute atomic E-state index is 11.3. The second kappa shape index (κ2) is 5.44. The Morgan fingerprint density at radius 2 is 1.90 bits per heavy atom. The van der Waals surface area contributed by atoms with Gasteiger partial charge in [0.2, 0.25) is 10.0 Å². The summed E-state index contributed by atoms with van der Waals surface area (Å²) in [6.07, 6.45) is 0. The molecule has 0 spiro atoms. The molecular formula is C14H13N3O2S2. The van der Waals surface area contributed by atoms with Crippen LogP contribution >= 0.6 is 11.3 Å². The Bertz CT molecular complexity index is 874. The van der Waals surface area contributed by atoms with Crippen LogP contribution < -0.4 is 10.5 Å². The molecule has 108 valence electrons. The third-order valence-electron chi connectivity index (χ3n) is 2.97. The average molecular weight is 319 g/mol. The van der Waals surface area contributed by atoms with Gasteiger partial charge in [-0.05, 0) is 23.8 Å². The Hall–Kier alpha value is -1.96. The van der Waals surface area contributed by atoms with Gasteiger partial charge in [-0.25, -0.2) is 18.5 Å². The van der Waals surface area contributed by atoms with E-state index >= 15 is 0 Å². The van der Waals surface area contributed by atoms with Crippen molar-refractivity contribution in [1.29, 1.82) is 0 Å². The highest BCUT2D eigenvalue weighted by Crippen LogP contribution is 2.28. The summed E-state index contributed by atoms with van der Waals surface area (Å²) in [4.78, 5) is 4.53. The van der Waals surface area contributed by atoms with Gasteiger partial charge < -0.3 is 5.32 Å². The average Bonchev–Trinajstić information content (AvgIpc) is 2.87. The van der Waals surface area contributed by atoms with Crippen LogP contribution in [0.5, 0.6) is 0 Å². The Morgan fingerprint density at radius 3 is 2.62 bits per heavy atom. The Balaban J connectivity index is 1.84. The number of rotatable bonds is 4. The topological polar surface area (TPSA) is 85.1 Å². The number of sulfonamides is 1. The molecule has 0 aliphatic rings. The number of hydrogen-bond acceptors (Lipinski definition) is 5. The van der Waals surface area contributed by atoms with Gasteiger partial charge in [-0.1, -0.05) is 41.7 Å². The fourth-order valence-corrected chi connectivity index (χ4v) is 3.45. The smallest absolute Gasteiger partial charge is 0.238 e.